The zero-order valence-corrected chi connectivity index (χ0v) is 24.6. The minimum atomic E-state index is -3.21. The average Bonchev–Trinajstić information content (AvgIpc) is 2.86. The number of hydrogen-bond acceptors (Lipinski definition) is 6. The Hall–Kier alpha value is -3.03. The lowest BCUT2D eigenvalue weighted by molar-refractivity contribution is -0.121. The summed E-state index contributed by atoms with van der Waals surface area (Å²) in [6, 6.07) is 10.0. The number of nitrogens with zero attached hydrogens (tertiary/aromatic N) is 1. The van der Waals surface area contributed by atoms with Crippen LogP contribution >= 0.6 is 0 Å². The van der Waals surface area contributed by atoms with Gasteiger partial charge in [0.2, 0.25) is 15.9 Å². The highest BCUT2D eigenvalue weighted by atomic mass is 32.2. The smallest absolute Gasteiger partial charge is 0.407 e. The second kappa shape index (κ2) is 15.5. The summed E-state index contributed by atoms with van der Waals surface area (Å²) in [7, 11) is -3.21. The maximum atomic E-state index is 12.5. The molecule has 4 N–H and O–H groups in total. The second-order valence-electron chi connectivity index (χ2n) is 10.5. The number of rotatable bonds is 12. The van der Waals surface area contributed by atoms with Gasteiger partial charge in [0.15, 0.2) is 0 Å². The summed E-state index contributed by atoms with van der Waals surface area (Å²) >= 11 is 0. The van der Waals surface area contributed by atoms with Gasteiger partial charge in [-0.25, -0.2) is 17.5 Å². The van der Waals surface area contributed by atoms with Gasteiger partial charge in [0.1, 0.15) is 0 Å². The maximum Gasteiger partial charge on any atom is 0.407 e. The SMILES string of the molecule is CC(C)OC(=O)N[C@@H](C)/C=C\CCC(=O)NC(C#CN)Cc1ccc(C2CCN(S(=O)(=O)C(C)C)CC2)cc1. The summed E-state index contributed by atoms with van der Waals surface area (Å²) in [6.45, 7) is 9.92. The fourth-order valence-corrected chi connectivity index (χ4v) is 5.72. The topological polar surface area (TPSA) is 131 Å². The number of nitrogens with two attached hydrogens (primary N) is 1. The van der Waals surface area contributed by atoms with E-state index in [1.165, 1.54) is 5.56 Å². The average molecular weight is 561 g/mol. The molecule has 9 nitrogen and oxygen atoms in total. The molecule has 1 aromatic carbocycles. The molecule has 1 aliphatic heterocycles. The predicted octanol–water partition coefficient (Wildman–Crippen LogP) is 3.41. The van der Waals surface area contributed by atoms with Crippen molar-refractivity contribution in [2.45, 2.75) is 96.1 Å². The Morgan fingerprint density at radius 2 is 1.74 bits per heavy atom. The van der Waals surface area contributed by atoms with Gasteiger partial charge in [0.25, 0.3) is 0 Å². The first-order valence-corrected chi connectivity index (χ1v) is 15.1. The van der Waals surface area contributed by atoms with Crippen molar-refractivity contribution < 1.29 is 22.7 Å². The van der Waals surface area contributed by atoms with Gasteiger partial charge < -0.3 is 21.1 Å². The molecule has 0 saturated carbocycles. The Morgan fingerprint density at radius 1 is 1.10 bits per heavy atom. The first-order chi connectivity index (χ1) is 18.4. The highest BCUT2D eigenvalue weighted by Crippen LogP contribution is 2.30. The molecule has 39 heavy (non-hydrogen) atoms. The molecule has 1 aromatic rings. The van der Waals surface area contributed by atoms with Gasteiger partial charge in [0.05, 0.1) is 17.4 Å². The number of nitrogens with one attached hydrogen (secondary N) is 2. The van der Waals surface area contributed by atoms with Crippen LogP contribution in [0, 0.1) is 12.0 Å². The first-order valence-electron chi connectivity index (χ1n) is 13.6. The summed E-state index contributed by atoms with van der Waals surface area (Å²) in [5.41, 5.74) is 7.67. The van der Waals surface area contributed by atoms with E-state index in [9.17, 15) is 18.0 Å². The number of piperidine rings is 1. The number of amides is 2. The Balaban J connectivity index is 1.82. The van der Waals surface area contributed by atoms with Crippen LogP contribution in [0.3, 0.4) is 0 Å². The van der Waals surface area contributed by atoms with Gasteiger partial charge >= 0.3 is 6.09 Å². The maximum absolute atomic E-state index is 12.5. The third-order valence-electron chi connectivity index (χ3n) is 6.54. The van der Waals surface area contributed by atoms with E-state index in [2.05, 4.69) is 34.7 Å². The van der Waals surface area contributed by atoms with Crippen molar-refractivity contribution in [1.29, 1.82) is 0 Å². The number of allylic oxidation sites excluding steroid dienone is 1. The lowest BCUT2D eigenvalue weighted by atomic mass is 9.89. The molecule has 2 atom stereocenters. The van der Waals surface area contributed by atoms with Crippen LogP contribution in [0.4, 0.5) is 4.79 Å². The van der Waals surface area contributed by atoms with Gasteiger partial charge in [-0.1, -0.05) is 42.3 Å². The molecule has 2 rings (SSSR count). The molecule has 0 spiro atoms. The van der Waals surface area contributed by atoms with E-state index in [-0.39, 0.29) is 24.5 Å². The molecule has 1 fully saturated rings. The van der Waals surface area contributed by atoms with Crippen LogP contribution in [-0.2, 0) is 26.0 Å². The molecule has 0 aliphatic carbocycles. The fourth-order valence-electron chi connectivity index (χ4n) is 4.41. The van der Waals surface area contributed by atoms with Gasteiger partial charge in [-0.2, -0.15) is 0 Å². The number of carbonyl (C=O) groups is 2. The van der Waals surface area contributed by atoms with E-state index < -0.39 is 27.4 Å². The monoisotopic (exact) mass is 560 g/mol. The molecule has 0 aromatic heterocycles. The van der Waals surface area contributed by atoms with Crippen molar-refractivity contribution >= 4 is 22.0 Å². The third kappa shape index (κ3) is 10.9. The Morgan fingerprint density at radius 3 is 2.31 bits per heavy atom. The fraction of sp³-hybridized carbons (Fsp3) is 0.586. The summed E-state index contributed by atoms with van der Waals surface area (Å²) in [5.74, 6) is 3.06. The number of hydrogen-bond donors (Lipinski definition) is 3. The standard InChI is InChI=1S/C29H44N4O5S/c1-21(2)38-29(35)31-23(5)8-6-7-9-28(34)32-27(14-17-30)20-24-10-12-25(13-11-24)26-15-18-33(19-16-26)39(36,37)22(3)4/h6,8,10-13,21-23,26-27H,7,9,15-16,18-20,30H2,1-5H3,(H,31,35)(H,32,34)/b8-6-/t23-,27?/m0/s1. The van der Waals surface area contributed by atoms with Crippen LogP contribution in [0.15, 0.2) is 36.4 Å². The number of benzene rings is 1. The zero-order chi connectivity index (χ0) is 29.0. The molecule has 10 heteroatoms. The van der Waals surface area contributed by atoms with Crippen molar-refractivity contribution in [1.82, 2.24) is 14.9 Å². The molecular weight excluding hydrogens is 516 g/mol. The van der Waals surface area contributed by atoms with E-state index in [4.69, 9.17) is 10.5 Å². The Labute approximate surface area is 234 Å². The van der Waals surface area contributed by atoms with E-state index in [0.717, 1.165) is 18.4 Å². The van der Waals surface area contributed by atoms with Crippen molar-refractivity contribution in [3.8, 4) is 12.0 Å². The van der Waals surface area contributed by atoms with Crippen LogP contribution < -0.4 is 16.4 Å². The summed E-state index contributed by atoms with van der Waals surface area (Å²) in [6.07, 6.45) is 5.94. The van der Waals surface area contributed by atoms with Crippen molar-refractivity contribution in [2.24, 2.45) is 5.73 Å². The lowest BCUT2D eigenvalue weighted by Crippen LogP contribution is -2.41. The van der Waals surface area contributed by atoms with Crippen LogP contribution in [0.2, 0.25) is 0 Å². The highest BCUT2D eigenvalue weighted by molar-refractivity contribution is 7.89. The molecule has 1 unspecified atom stereocenters. The first kappa shape index (κ1) is 32.2. The molecule has 216 valence electrons. The summed E-state index contributed by atoms with van der Waals surface area (Å²) < 4.78 is 31.5. The highest BCUT2D eigenvalue weighted by Gasteiger charge is 2.30. The van der Waals surface area contributed by atoms with Gasteiger partial charge in [-0.05, 0) is 70.9 Å². The lowest BCUT2D eigenvalue weighted by Gasteiger charge is -2.32. The largest absolute Gasteiger partial charge is 0.447 e. The van der Waals surface area contributed by atoms with E-state index >= 15 is 0 Å². The quantitative estimate of drug-likeness (QED) is 0.204. The van der Waals surface area contributed by atoms with Crippen molar-refractivity contribution in [3.05, 3.63) is 47.5 Å². The molecule has 1 aliphatic rings. The molecule has 1 saturated heterocycles. The molecule has 2 amide bonds. The Bertz CT molecular complexity index is 1130. The van der Waals surface area contributed by atoms with Gasteiger partial charge in [0, 0.05) is 38.0 Å². The van der Waals surface area contributed by atoms with Crippen molar-refractivity contribution in [2.75, 3.05) is 13.1 Å². The van der Waals surface area contributed by atoms with Crippen LogP contribution in [0.1, 0.15) is 77.3 Å². The van der Waals surface area contributed by atoms with Crippen LogP contribution in [-0.4, -0.2) is 61.3 Å². The van der Waals surface area contributed by atoms with Gasteiger partial charge in [-0.3, -0.25) is 4.79 Å². The molecular formula is C29H44N4O5S. The normalized spacial score (nSPS) is 16.5. The molecule has 0 radical (unpaired) electrons. The summed E-state index contributed by atoms with van der Waals surface area (Å²) in [5, 5.41) is 5.24. The second-order valence-corrected chi connectivity index (χ2v) is 13.0. The van der Waals surface area contributed by atoms with Crippen molar-refractivity contribution in [3.63, 3.8) is 0 Å². The minimum Gasteiger partial charge on any atom is -0.447 e. The van der Waals surface area contributed by atoms with Gasteiger partial charge in [-0.15, -0.1) is 0 Å². The van der Waals surface area contributed by atoms with Crippen LogP contribution in [0.5, 0.6) is 0 Å². The predicted molar refractivity (Wildman–Crippen MR) is 154 cm³/mol. The van der Waals surface area contributed by atoms with E-state index in [1.54, 1.807) is 32.0 Å². The van der Waals surface area contributed by atoms with E-state index in [0.29, 0.717) is 31.8 Å². The Kier molecular flexibility index (Phi) is 12.8. The zero-order valence-electron chi connectivity index (χ0n) is 23.8. The van der Waals surface area contributed by atoms with E-state index in [1.807, 2.05) is 31.2 Å². The molecule has 0 bridgehead atoms. The number of ether oxygens (including phenoxy) is 1. The third-order valence-corrected chi connectivity index (χ3v) is 8.82. The summed E-state index contributed by atoms with van der Waals surface area (Å²) in [4.78, 5) is 24.1. The molecule has 1 heterocycles. The minimum absolute atomic E-state index is 0.132. The number of alkyl carbamates (subject to hydrolysis) is 1. The number of sulfonamides is 1. The van der Waals surface area contributed by atoms with Crippen LogP contribution in [0.25, 0.3) is 0 Å². The number of carbonyl (C=O) groups excluding carboxylic acids is 2.